The summed E-state index contributed by atoms with van der Waals surface area (Å²) < 4.78 is 20.3. The van der Waals surface area contributed by atoms with Crippen molar-refractivity contribution in [1.29, 1.82) is 0 Å². The van der Waals surface area contributed by atoms with Crippen molar-refractivity contribution in [2.45, 2.75) is 45.8 Å². The van der Waals surface area contributed by atoms with E-state index in [4.69, 9.17) is 4.74 Å². The third-order valence-electron chi connectivity index (χ3n) is 4.44. The van der Waals surface area contributed by atoms with E-state index in [0.29, 0.717) is 36.6 Å². The summed E-state index contributed by atoms with van der Waals surface area (Å²) in [6, 6.07) is 4.31. The summed E-state index contributed by atoms with van der Waals surface area (Å²) in [6.45, 7) is 7.35. The van der Waals surface area contributed by atoms with Crippen molar-refractivity contribution in [2.75, 3.05) is 13.1 Å². The molecule has 0 spiro atoms. The van der Waals surface area contributed by atoms with Gasteiger partial charge in [-0.15, -0.1) is 0 Å². The largest absolute Gasteiger partial charge is 0.444 e. The average molecular weight is 349 g/mol. The number of ether oxygens (including phenoxy) is 1. The number of fused-ring (bicyclic) bond motifs is 1. The van der Waals surface area contributed by atoms with Crippen LogP contribution in [-0.4, -0.2) is 39.2 Å². The molecule has 0 radical (unpaired) electrons. The standard InChI is InChI=1S/C18H24FN3O3/c1-18(2,3)25-17(24)21-8-6-12(7-9-21)11-22-15-5-4-13(19)10-14(15)20-16(22)23/h4-5,10,12H,6-9,11H2,1-3H3,(H,20,23). The van der Waals surface area contributed by atoms with Crippen molar-refractivity contribution in [3.63, 3.8) is 0 Å². The Morgan fingerprint density at radius 1 is 1.32 bits per heavy atom. The van der Waals surface area contributed by atoms with E-state index in [1.165, 1.54) is 12.1 Å². The quantitative estimate of drug-likeness (QED) is 0.906. The first-order valence-corrected chi connectivity index (χ1v) is 8.59. The Morgan fingerprint density at radius 3 is 2.64 bits per heavy atom. The number of H-pyrrole nitrogens is 1. The second-order valence-electron chi connectivity index (χ2n) is 7.61. The number of piperidine rings is 1. The average Bonchev–Trinajstić information content (AvgIpc) is 2.81. The minimum atomic E-state index is -0.499. The van der Waals surface area contributed by atoms with E-state index in [-0.39, 0.29) is 17.6 Å². The van der Waals surface area contributed by atoms with Gasteiger partial charge < -0.3 is 14.6 Å². The number of imidazole rings is 1. The number of rotatable bonds is 2. The molecule has 1 N–H and O–H groups in total. The smallest absolute Gasteiger partial charge is 0.410 e. The molecule has 0 bridgehead atoms. The van der Waals surface area contributed by atoms with Gasteiger partial charge in [-0.2, -0.15) is 0 Å². The molecule has 2 aromatic rings. The molecule has 1 saturated heterocycles. The number of amides is 1. The maximum Gasteiger partial charge on any atom is 0.410 e. The van der Waals surface area contributed by atoms with Crippen molar-refractivity contribution >= 4 is 17.1 Å². The molecule has 1 aromatic carbocycles. The van der Waals surface area contributed by atoms with E-state index in [1.807, 2.05) is 20.8 Å². The van der Waals surface area contributed by atoms with E-state index in [9.17, 15) is 14.0 Å². The Hall–Kier alpha value is -2.31. The molecule has 25 heavy (non-hydrogen) atoms. The summed E-state index contributed by atoms with van der Waals surface area (Å²) >= 11 is 0. The van der Waals surface area contributed by atoms with Gasteiger partial charge in [0.05, 0.1) is 11.0 Å². The maximum absolute atomic E-state index is 13.3. The molecular weight excluding hydrogens is 325 g/mol. The molecule has 3 rings (SSSR count). The van der Waals surface area contributed by atoms with Gasteiger partial charge in [0.2, 0.25) is 0 Å². The Kier molecular flexibility index (Phi) is 4.58. The number of hydrogen-bond acceptors (Lipinski definition) is 3. The second kappa shape index (κ2) is 6.54. The molecule has 0 unspecified atom stereocenters. The zero-order valence-electron chi connectivity index (χ0n) is 14.8. The monoisotopic (exact) mass is 349 g/mol. The lowest BCUT2D eigenvalue weighted by Crippen LogP contribution is -2.42. The van der Waals surface area contributed by atoms with E-state index in [2.05, 4.69) is 4.98 Å². The van der Waals surface area contributed by atoms with Crippen LogP contribution < -0.4 is 5.69 Å². The molecule has 136 valence electrons. The Morgan fingerprint density at radius 2 is 2.00 bits per heavy atom. The van der Waals surface area contributed by atoms with Crippen LogP contribution in [0.1, 0.15) is 33.6 Å². The topological polar surface area (TPSA) is 67.3 Å². The van der Waals surface area contributed by atoms with Crippen molar-refractivity contribution in [3.05, 3.63) is 34.5 Å². The number of carbonyl (C=O) groups excluding carboxylic acids is 1. The van der Waals surface area contributed by atoms with Crippen LogP contribution in [0.4, 0.5) is 9.18 Å². The van der Waals surface area contributed by atoms with E-state index >= 15 is 0 Å². The molecule has 1 fully saturated rings. The highest BCUT2D eigenvalue weighted by Crippen LogP contribution is 2.22. The zero-order valence-corrected chi connectivity index (χ0v) is 14.8. The number of hydrogen-bond donors (Lipinski definition) is 1. The fourth-order valence-corrected chi connectivity index (χ4v) is 3.20. The normalized spacial score (nSPS) is 16.4. The summed E-state index contributed by atoms with van der Waals surface area (Å²) in [5.74, 6) is -0.0768. The van der Waals surface area contributed by atoms with Crippen LogP contribution in [-0.2, 0) is 11.3 Å². The minimum Gasteiger partial charge on any atom is -0.444 e. The van der Waals surface area contributed by atoms with Crippen molar-refractivity contribution in [1.82, 2.24) is 14.5 Å². The lowest BCUT2D eigenvalue weighted by Gasteiger charge is -2.33. The van der Waals surface area contributed by atoms with Crippen LogP contribution in [0.25, 0.3) is 11.0 Å². The Bertz CT molecular complexity index is 826. The predicted octanol–water partition coefficient (Wildman–Crippen LogP) is 3.12. The molecule has 1 amide bonds. The van der Waals surface area contributed by atoms with Gasteiger partial charge in [-0.3, -0.25) is 4.57 Å². The molecule has 0 aliphatic carbocycles. The van der Waals surface area contributed by atoms with Gasteiger partial charge in [0.1, 0.15) is 11.4 Å². The minimum absolute atomic E-state index is 0.227. The third-order valence-corrected chi connectivity index (χ3v) is 4.44. The molecule has 7 heteroatoms. The summed E-state index contributed by atoms with van der Waals surface area (Å²) in [4.78, 5) is 28.7. The Labute approximate surface area is 145 Å². The number of aromatic amines is 1. The maximum atomic E-state index is 13.3. The van der Waals surface area contributed by atoms with Crippen LogP contribution in [0.5, 0.6) is 0 Å². The number of benzene rings is 1. The van der Waals surface area contributed by atoms with Crippen molar-refractivity contribution in [2.24, 2.45) is 5.92 Å². The summed E-state index contributed by atoms with van der Waals surface area (Å²) in [5.41, 5.74) is 0.493. The van der Waals surface area contributed by atoms with Crippen molar-refractivity contribution in [3.8, 4) is 0 Å². The SMILES string of the molecule is CC(C)(C)OC(=O)N1CCC(Cn2c(=O)[nH]c3cc(F)ccc32)CC1. The van der Waals surface area contributed by atoms with Crippen LogP contribution >= 0.6 is 0 Å². The molecule has 0 saturated carbocycles. The molecule has 1 aromatic heterocycles. The lowest BCUT2D eigenvalue weighted by atomic mass is 9.97. The summed E-state index contributed by atoms with van der Waals surface area (Å²) in [7, 11) is 0. The van der Waals surface area contributed by atoms with Gasteiger partial charge in [0.15, 0.2) is 0 Å². The van der Waals surface area contributed by atoms with Crippen LogP contribution in [0.2, 0.25) is 0 Å². The van der Waals surface area contributed by atoms with Crippen LogP contribution in [0, 0.1) is 11.7 Å². The number of halogens is 1. The molecule has 6 nitrogen and oxygen atoms in total. The molecule has 1 aliphatic rings. The number of carbonyl (C=O) groups is 1. The number of nitrogens with one attached hydrogen (secondary N) is 1. The summed E-state index contributed by atoms with van der Waals surface area (Å²) in [6.07, 6.45) is 1.32. The number of likely N-dealkylation sites (tertiary alicyclic amines) is 1. The van der Waals surface area contributed by atoms with Gasteiger partial charge in [-0.05, 0) is 57.7 Å². The van der Waals surface area contributed by atoms with E-state index in [0.717, 1.165) is 12.8 Å². The zero-order chi connectivity index (χ0) is 18.2. The second-order valence-corrected chi connectivity index (χ2v) is 7.61. The van der Waals surface area contributed by atoms with Gasteiger partial charge in [0.25, 0.3) is 0 Å². The van der Waals surface area contributed by atoms with Crippen molar-refractivity contribution < 1.29 is 13.9 Å². The third kappa shape index (κ3) is 4.03. The Balaban J connectivity index is 1.64. The number of aromatic nitrogens is 2. The first-order valence-electron chi connectivity index (χ1n) is 8.59. The fraction of sp³-hybridized carbons (Fsp3) is 0.556. The molecule has 1 aliphatic heterocycles. The summed E-state index contributed by atoms with van der Waals surface area (Å²) in [5, 5.41) is 0. The predicted molar refractivity (Wildman–Crippen MR) is 93.0 cm³/mol. The molecule has 2 heterocycles. The number of nitrogens with zero attached hydrogens (tertiary/aromatic N) is 2. The van der Waals surface area contributed by atoms with Gasteiger partial charge in [0, 0.05) is 19.6 Å². The lowest BCUT2D eigenvalue weighted by molar-refractivity contribution is 0.0178. The van der Waals surface area contributed by atoms with Gasteiger partial charge >= 0.3 is 11.8 Å². The first kappa shape index (κ1) is 17.5. The van der Waals surface area contributed by atoms with Gasteiger partial charge in [-0.25, -0.2) is 14.0 Å². The van der Waals surface area contributed by atoms with E-state index in [1.54, 1.807) is 15.5 Å². The highest BCUT2D eigenvalue weighted by Gasteiger charge is 2.27. The van der Waals surface area contributed by atoms with Crippen LogP contribution in [0.15, 0.2) is 23.0 Å². The van der Waals surface area contributed by atoms with E-state index < -0.39 is 5.60 Å². The highest BCUT2D eigenvalue weighted by atomic mass is 19.1. The molecular formula is C18H24FN3O3. The van der Waals surface area contributed by atoms with Crippen LogP contribution in [0.3, 0.4) is 0 Å². The first-order chi connectivity index (χ1) is 11.7. The molecule has 0 atom stereocenters. The highest BCUT2D eigenvalue weighted by molar-refractivity contribution is 5.75. The van der Waals surface area contributed by atoms with Gasteiger partial charge in [-0.1, -0.05) is 0 Å². The fourth-order valence-electron chi connectivity index (χ4n) is 3.20.